The molecule has 1 saturated heterocycles. The average Bonchev–Trinajstić information content (AvgIpc) is 2.64. The van der Waals surface area contributed by atoms with Crippen molar-refractivity contribution in [2.45, 2.75) is 0 Å². The van der Waals surface area contributed by atoms with Crippen LogP contribution >= 0.6 is 15.9 Å². The first-order valence-corrected chi connectivity index (χ1v) is 9.12. The average molecular weight is 418 g/mol. The maximum Gasteiger partial charge on any atom is 0.344 e. The van der Waals surface area contributed by atoms with Gasteiger partial charge in [0, 0.05) is 42.9 Å². The molecule has 1 fully saturated rings. The Labute approximate surface area is 160 Å². The molecule has 0 radical (unpaired) electrons. The minimum atomic E-state index is -0.452. The van der Waals surface area contributed by atoms with E-state index in [0.717, 1.165) is 30.7 Å². The van der Waals surface area contributed by atoms with Gasteiger partial charge in [-0.1, -0.05) is 22.0 Å². The zero-order valence-electron chi connectivity index (χ0n) is 14.5. The molecule has 0 saturated carbocycles. The summed E-state index contributed by atoms with van der Waals surface area (Å²) in [6.07, 6.45) is 3.22. The quantitative estimate of drug-likeness (QED) is 0.564. The fourth-order valence-electron chi connectivity index (χ4n) is 2.60. The second-order valence-electron chi connectivity index (χ2n) is 6.10. The summed E-state index contributed by atoms with van der Waals surface area (Å²) in [5.41, 5.74) is 0.271. The summed E-state index contributed by atoms with van der Waals surface area (Å²) >= 11 is 3.35. The summed E-state index contributed by atoms with van der Waals surface area (Å²) in [7, 11) is 2.05. The van der Waals surface area contributed by atoms with Gasteiger partial charge < -0.3 is 14.5 Å². The number of nitrogens with zero attached hydrogens (tertiary/aromatic N) is 3. The third-order valence-electron chi connectivity index (χ3n) is 4.19. The highest BCUT2D eigenvalue weighted by atomic mass is 79.9. The number of aromatic nitrogens is 1. The number of carbonyl (C=O) groups is 1. The Kier molecular flexibility index (Phi) is 5.90. The van der Waals surface area contributed by atoms with E-state index in [1.54, 1.807) is 48.8 Å². The van der Waals surface area contributed by atoms with Gasteiger partial charge in [-0.25, -0.2) is 4.79 Å². The summed E-state index contributed by atoms with van der Waals surface area (Å²) in [6.45, 7) is 3.16. The molecular formula is C19H20BrN3O3. The standard InChI is InChI=1S/C19H20BrN3O3/c1-21-10-12-22(13-11-21)18(14-23-9-3-2-4-17(23)24)26-19(25)15-5-7-16(20)8-6-15/h2-9,14H,10-13H2,1H3. The van der Waals surface area contributed by atoms with Gasteiger partial charge >= 0.3 is 5.97 Å². The van der Waals surface area contributed by atoms with Crippen LogP contribution in [0.1, 0.15) is 10.4 Å². The highest BCUT2D eigenvalue weighted by molar-refractivity contribution is 9.10. The van der Waals surface area contributed by atoms with E-state index in [0.29, 0.717) is 11.4 Å². The minimum Gasteiger partial charge on any atom is -0.404 e. The minimum absolute atomic E-state index is 0.182. The Morgan fingerprint density at radius 3 is 2.42 bits per heavy atom. The number of ether oxygens (including phenoxy) is 1. The summed E-state index contributed by atoms with van der Waals surface area (Å²) in [5.74, 6) is -0.0778. The van der Waals surface area contributed by atoms with Crippen LogP contribution in [0.2, 0.25) is 0 Å². The highest BCUT2D eigenvalue weighted by Gasteiger charge is 2.21. The lowest BCUT2D eigenvalue weighted by molar-refractivity contribution is 0.0445. The number of halogens is 1. The van der Waals surface area contributed by atoms with Crippen molar-refractivity contribution >= 4 is 28.1 Å². The van der Waals surface area contributed by atoms with Gasteiger partial charge in [-0.3, -0.25) is 9.36 Å². The Hall–Kier alpha value is -2.38. The fourth-order valence-corrected chi connectivity index (χ4v) is 2.87. The van der Waals surface area contributed by atoms with Crippen LogP contribution in [0, 0.1) is 0 Å². The number of benzene rings is 1. The number of esters is 1. The van der Waals surface area contributed by atoms with Crippen LogP contribution in [0.4, 0.5) is 0 Å². The van der Waals surface area contributed by atoms with E-state index in [2.05, 4.69) is 27.9 Å². The molecule has 2 aromatic rings. The zero-order valence-corrected chi connectivity index (χ0v) is 16.1. The first-order chi connectivity index (χ1) is 12.5. The molecule has 0 unspecified atom stereocenters. The summed E-state index contributed by atoms with van der Waals surface area (Å²) < 4.78 is 7.97. The van der Waals surface area contributed by atoms with Gasteiger partial charge in [-0.05, 0) is 37.4 Å². The molecule has 0 N–H and O–H groups in total. The van der Waals surface area contributed by atoms with Gasteiger partial charge in [-0.15, -0.1) is 0 Å². The van der Waals surface area contributed by atoms with E-state index in [9.17, 15) is 9.59 Å². The number of hydrogen-bond donors (Lipinski definition) is 0. The van der Waals surface area contributed by atoms with Crippen LogP contribution < -0.4 is 5.56 Å². The van der Waals surface area contributed by atoms with Crippen LogP contribution in [-0.2, 0) is 4.74 Å². The van der Waals surface area contributed by atoms with E-state index in [4.69, 9.17) is 4.74 Å². The molecular weight excluding hydrogens is 398 g/mol. The van der Waals surface area contributed by atoms with Gasteiger partial charge in [0.05, 0.1) is 11.8 Å². The molecule has 3 rings (SSSR count). The molecule has 0 aliphatic carbocycles. The molecule has 1 aromatic heterocycles. The normalized spacial score (nSPS) is 15.8. The van der Waals surface area contributed by atoms with E-state index in [-0.39, 0.29) is 5.56 Å². The molecule has 0 amide bonds. The number of piperazine rings is 1. The second kappa shape index (κ2) is 8.33. The second-order valence-corrected chi connectivity index (χ2v) is 7.02. The lowest BCUT2D eigenvalue weighted by Gasteiger charge is -2.34. The number of pyridine rings is 1. The smallest absolute Gasteiger partial charge is 0.344 e. The van der Waals surface area contributed by atoms with Gasteiger partial charge in [0.25, 0.3) is 5.56 Å². The Balaban J connectivity index is 1.87. The maximum absolute atomic E-state index is 12.5. The molecule has 136 valence electrons. The molecule has 0 spiro atoms. The van der Waals surface area contributed by atoms with Crippen molar-refractivity contribution in [3.63, 3.8) is 0 Å². The van der Waals surface area contributed by atoms with Crippen molar-refractivity contribution in [1.29, 1.82) is 0 Å². The number of carbonyl (C=O) groups excluding carboxylic acids is 1. The monoisotopic (exact) mass is 417 g/mol. The van der Waals surface area contributed by atoms with E-state index < -0.39 is 5.97 Å². The third-order valence-corrected chi connectivity index (χ3v) is 4.72. The van der Waals surface area contributed by atoms with Gasteiger partial charge in [-0.2, -0.15) is 0 Å². The van der Waals surface area contributed by atoms with Crippen LogP contribution in [0.25, 0.3) is 6.20 Å². The Bertz CT molecular complexity index is 853. The highest BCUT2D eigenvalue weighted by Crippen LogP contribution is 2.16. The Morgan fingerprint density at radius 1 is 1.08 bits per heavy atom. The molecule has 6 nitrogen and oxygen atoms in total. The van der Waals surface area contributed by atoms with Crippen LogP contribution in [-0.4, -0.2) is 53.6 Å². The molecule has 2 heterocycles. The van der Waals surface area contributed by atoms with Gasteiger partial charge in [0.15, 0.2) is 0 Å². The summed E-state index contributed by atoms with van der Waals surface area (Å²) in [6, 6.07) is 11.9. The lowest BCUT2D eigenvalue weighted by Crippen LogP contribution is -2.44. The first kappa shape index (κ1) is 18.4. The molecule has 0 bridgehead atoms. The molecule has 1 aliphatic heterocycles. The number of hydrogen-bond acceptors (Lipinski definition) is 5. The molecule has 1 aliphatic rings. The molecule has 1 aromatic carbocycles. The van der Waals surface area contributed by atoms with Gasteiger partial charge in [0.1, 0.15) is 0 Å². The van der Waals surface area contributed by atoms with Crippen molar-refractivity contribution < 1.29 is 9.53 Å². The van der Waals surface area contributed by atoms with Crippen LogP contribution in [0.3, 0.4) is 0 Å². The summed E-state index contributed by atoms with van der Waals surface area (Å²) in [4.78, 5) is 28.8. The number of likely N-dealkylation sites (N-methyl/N-ethyl adjacent to an activating group) is 1. The Morgan fingerprint density at radius 2 is 1.77 bits per heavy atom. The van der Waals surface area contributed by atoms with Crippen molar-refractivity contribution in [2.75, 3.05) is 33.2 Å². The molecule has 26 heavy (non-hydrogen) atoms. The predicted octanol–water partition coefficient (Wildman–Crippen LogP) is 2.47. The van der Waals surface area contributed by atoms with Crippen molar-refractivity contribution in [1.82, 2.24) is 14.4 Å². The van der Waals surface area contributed by atoms with E-state index in [1.165, 1.54) is 10.6 Å². The SMILES string of the molecule is CN1CCN(C(=Cn2ccccc2=O)OC(=O)c2ccc(Br)cc2)CC1. The first-order valence-electron chi connectivity index (χ1n) is 8.33. The lowest BCUT2D eigenvalue weighted by atomic mass is 10.2. The zero-order chi connectivity index (χ0) is 18.5. The van der Waals surface area contributed by atoms with Crippen molar-refractivity contribution in [3.8, 4) is 0 Å². The van der Waals surface area contributed by atoms with Crippen molar-refractivity contribution in [3.05, 3.63) is 74.9 Å². The topological polar surface area (TPSA) is 54.8 Å². The maximum atomic E-state index is 12.5. The largest absolute Gasteiger partial charge is 0.404 e. The molecule has 7 heteroatoms. The third kappa shape index (κ3) is 4.62. The van der Waals surface area contributed by atoms with E-state index in [1.807, 2.05) is 4.90 Å². The summed E-state index contributed by atoms with van der Waals surface area (Å²) in [5, 5.41) is 0. The van der Waals surface area contributed by atoms with Crippen molar-refractivity contribution in [2.24, 2.45) is 0 Å². The predicted molar refractivity (Wildman–Crippen MR) is 104 cm³/mol. The van der Waals surface area contributed by atoms with Crippen LogP contribution in [0.15, 0.2) is 63.8 Å². The van der Waals surface area contributed by atoms with E-state index >= 15 is 0 Å². The van der Waals surface area contributed by atoms with Crippen LogP contribution in [0.5, 0.6) is 0 Å². The number of rotatable bonds is 4. The van der Waals surface area contributed by atoms with Gasteiger partial charge in [0.2, 0.25) is 5.88 Å². The fraction of sp³-hybridized carbons (Fsp3) is 0.263. The molecule has 0 atom stereocenters.